The van der Waals surface area contributed by atoms with Crippen molar-refractivity contribution in [1.82, 2.24) is 15.1 Å². The van der Waals surface area contributed by atoms with Crippen LogP contribution < -0.4 is 10.6 Å². The number of halogens is 2. The highest BCUT2D eigenvalue weighted by Crippen LogP contribution is 2.19. The van der Waals surface area contributed by atoms with Crippen molar-refractivity contribution in [2.45, 2.75) is 32.2 Å². The first kappa shape index (κ1) is 17.4. The van der Waals surface area contributed by atoms with Gasteiger partial charge in [-0.15, -0.1) is 12.4 Å². The van der Waals surface area contributed by atoms with Crippen molar-refractivity contribution in [1.29, 1.82) is 0 Å². The third kappa shape index (κ3) is 4.30. The molecule has 0 aliphatic carbocycles. The van der Waals surface area contributed by atoms with E-state index in [1.165, 1.54) is 10.7 Å². The molecule has 0 bridgehead atoms. The number of carbonyl (C=O) groups excluding carboxylic acids is 1. The molecular formula is C16H20ClFN4O. The van der Waals surface area contributed by atoms with Gasteiger partial charge in [-0.05, 0) is 50.1 Å². The highest BCUT2D eigenvalue weighted by molar-refractivity contribution is 5.91. The standard InChI is InChI=1S/C16H19FN4O.ClH/c1-11-9-19-21(10-11)15-5-4-13(7-14(15)17)20-16(22)8-12-3-2-6-18-12;/h4-5,7,9-10,12,18H,2-3,6,8H2,1H3,(H,20,22);1H. The predicted octanol–water partition coefficient (Wildman–Crippen LogP) is 2.82. The summed E-state index contributed by atoms with van der Waals surface area (Å²) in [4.78, 5) is 11.9. The van der Waals surface area contributed by atoms with E-state index in [0.717, 1.165) is 24.9 Å². The minimum absolute atomic E-state index is 0. The topological polar surface area (TPSA) is 59.0 Å². The Balaban J connectivity index is 0.00000192. The maximum Gasteiger partial charge on any atom is 0.225 e. The van der Waals surface area contributed by atoms with Crippen molar-refractivity contribution in [3.05, 3.63) is 42.0 Å². The molecule has 0 spiro atoms. The van der Waals surface area contributed by atoms with E-state index in [0.29, 0.717) is 17.8 Å². The summed E-state index contributed by atoms with van der Waals surface area (Å²) in [6.07, 6.45) is 5.96. The number of rotatable bonds is 4. The second-order valence-electron chi connectivity index (χ2n) is 5.67. The van der Waals surface area contributed by atoms with Crippen LogP contribution in [0.2, 0.25) is 0 Å². The van der Waals surface area contributed by atoms with Crippen LogP contribution in [0.1, 0.15) is 24.8 Å². The largest absolute Gasteiger partial charge is 0.326 e. The van der Waals surface area contributed by atoms with Crippen LogP contribution in [0.25, 0.3) is 5.69 Å². The summed E-state index contributed by atoms with van der Waals surface area (Å²) >= 11 is 0. The van der Waals surface area contributed by atoms with E-state index in [9.17, 15) is 9.18 Å². The van der Waals surface area contributed by atoms with Gasteiger partial charge in [0.25, 0.3) is 0 Å². The van der Waals surface area contributed by atoms with E-state index >= 15 is 0 Å². The van der Waals surface area contributed by atoms with Crippen LogP contribution in [-0.2, 0) is 4.79 Å². The number of nitrogens with one attached hydrogen (secondary N) is 2. The molecule has 1 aromatic carbocycles. The molecule has 5 nitrogen and oxygen atoms in total. The molecule has 2 aromatic rings. The number of carbonyl (C=O) groups is 1. The van der Waals surface area contributed by atoms with E-state index in [1.54, 1.807) is 24.5 Å². The van der Waals surface area contributed by atoms with E-state index in [4.69, 9.17) is 0 Å². The summed E-state index contributed by atoms with van der Waals surface area (Å²) in [5.74, 6) is -0.513. The summed E-state index contributed by atoms with van der Waals surface area (Å²) in [6.45, 7) is 2.86. The third-order valence-corrected chi connectivity index (χ3v) is 3.78. The first-order valence-corrected chi connectivity index (χ1v) is 7.46. The second kappa shape index (κ2) is 7.57. The lowest BCUT2D eigenvalue weighted by Crippen LogP contribution is -2.27. The molecule has 1 unspecified atom stereocenters. The monoisotopic (exact) mass is 338 g/mol. The molecule has 0 radical (unpaired) electrons. The molecular weight excluding hydrogens is 319 g/mol. The van der Waals surface area contributed by atoms with Crippen molar-refractivity contribution in [2.75, 3.05) is 11.9 Å². The first-order valence-electron chi connectivity index (χ1n) is 7.46. The smallest absolute Gasteiger partial charge is 0.225 e. The SMILES string of the molecule is Cc1cnn(-c2ccc(NC(=O)CC3CCCN3)cc2F)c1.Cl. The molecule has 1 aliphatic heterocycles. The Labute approximate surface area is 140 Å². The Kier molecular flexibility index (Phi) is 5.74. The number of hydrogen-bond acceptors (Lipinski definition) is 3. The quantitative estimate of drug-likeness (QED) is 0.901. The van der Waals surface area contributed by atoms with Gasteiger partial charge in [-0.1, -0.05) is 0 Å². The Bertz CT molecular complexity index is 682. The van der Waals surface area contributed by atoms with E-state index in [2.05, 4.69) is 15.7 Å². The number of aromatic nitrogens is 2. The first-order chi connectivity index (χ1) is 10.6. The fraction of sp³-hybridized carbons (Fsp3) is 0.375. The molecule has 1 saturated heterocycles. The summed E-state index contributed by atoms with van der Waals surface area (Å²) in [7, 11) is 0. The van der Waals surface area contributed by atoms with Crippen LogP contribution in [-0.4, -0.2) is 28.3 Å². The Morgan fingerprint density at radius 1 is 1.52 bits per heavy atom. The van der Waals surface area contributed by atoms with E-state index in [-0.39, 0.29) is 24.4 Å². The van der Waals surface area contributed by atoms with Crippen LogP contribution in [0.15, 0.2) is 30.6 Å². The molecule has 124 valence electrons. The molecule has 7 heteroatoms. The maximum atomic E-state index is 14.2. The molecule has 1 amide bonds. The van der Waals surface area contributed by atoms with Gasteiger partial charge in [-0.3, -0.25) is 4.79 Å². The van der Waals surface area contributed by atoms with Crippen molar-refractivity contribution in [3.63, 3.8) is 0 Å². The highest BCUT2D eigenvalue weighted by atomic mass is 35.5. The molecule has 2 N–H and O–H groups in total. The van der Waals surface area contributed by atoms with Gasteiger partial charge in [-0.2, -0.15) is 5.10 Å². The van der Waals surface area contributed by atoms with Gasteiger partial charge >= 0.3 is 0 Å². The zero-order chi connectivity index (χ0) is 15.5. The Hall–Kier alpha value is -1.92. The Morgan fingerprint density at radius 3 is 2.96 bits per heavy atom. The van der Waals surface area contributed by atoms with E-state index in [1.807, 2.05) is 6.92 Å². The number of nitrogens with zero attached hydrogens (tertiary/aromatic N) is 2. The number of anilines is 1. The molecule has 1 aromatic heterocycles. The minimum Gasteiger partial charge on any atom is -0.326 e. The predicted molar refractivity (Wildman–Crippen MR) is 89.8 cm³/mol. The van der Waals surface area contributed by atoms with Crippen molar-refractivity contribution in [2.24, 2.45) is 0 Å². The average Bonchev–Trinajstić information content (AvgIpc) is 3.10. The summed E-state index contributed by atoms with van der Waals surface area (Å²) in [5.41, 5.74) is 1.79. The summed E-state index contributed by atoms with van der Waals surface area (Å²) in [5, 5.41) is 10.1. The van der Waals surface area contributed by atoms with Crippen LogP contribution >= 0.6 is 12.4 Å². The lowest BCUT2D eigenvalue weighted by Gasteiger charge is -2.11. The van der Waals surface area contributed by atoms with E-state index < -0.39 is 5.82 Å². The average molecular weight is 339 g/mol. The number of amides is 1. The number of aryl methyl sites for hydroxylation is 1. The fourth-order valence-electron chi connectivity index (χ4n) is 2.68. The lowest BCUT2D eigenvalue weighted by molar-refractivity contribution is -0.116. The molecule has 0 saturated carbocycles. The molecule has 1 atom stereocenters. The normalized spacial score (nSPS) is 16.9. The van der Waals surface area contributed by atoms with Crippen molar-refractivity contribution in [3.8, 4) is 5.69 Å². The van der Waals surface area contributed by atoms with Gasteiger partial charge in [0.1, 0.15) is 5.69 Å². The zero-order valence-electron chi connectivity index (χ0n) is 12.9. The minimum atomic E-state index is -0.417. The maximum absolute atomic E-state index is 14.2. The summed E-state index contributed by atoms with van der Waals surface area (Å²) < 4.78 is 15.7. The van der Waals surface area contributed by atoms with Gasteiger partial charge < -0.3 is 10.6 Å². The molecule has 1 aliphatic rings. The van der Waals surface area contributed by atoms with Crippen LogP contribution in [0.5, 0.6) is 0 Å². The molecule has 23 heavy (non-hydrogen) atoms. The van der Waals surface area contributed by atoms with Gasteiger partial charge in [-0.25, -0.2) is 9.07 Å². The second-order valence-corrected chi connectivity index (χ2v) is 5.67. The molecule has 2 heterocycles. The van der Waals surface area contributed by atoms with Crippen LogP contribution in [0.4, 0.5) is 10.1 Å². The highest BCUT2D eigenvalue weighted by Gasteiger charge is 2.18. The fourth-order valence-corrected chi connectivity index (χ4v) is 2.68. The van der Waals surface area contributed by atoms with Gasteiger partial charge in [0.05, 0.1) is 6.20 Å². The Morgan fingerprint density at radius 2 is 2.35 bits per heavy atom. The van der Waals surface area contributed by atoms with Gasteiger partial charge in [0, 0.05) is 24.3 Å². The zero-order valence-corrected chi connectivity index (χ0v) is 13.7. The summed E-state index contributed by atoms with van der Waals surface area (Å²) in [6, 6.07) is 4.86. The number of benzene rings is 1. The van der Waals surface area contributed by atoms with Gasteiger partial charge in [0.2, 0.25) is 5.91 Å². The van der Waals surface area contributed by atoms with Crippen LogP contribution in [0.3, 0.4) is 0 Å². The van der Waals surface area contributed by atoms with Crippen LogP contribution in [0, 0.1) is 12.7 Å². The lowest BCUT2D eigenvalue weighted by atomic mass is 10.1. The van der Waals surface area contributed by atoms with Crippen molar-refractivity contribution < 1.29 is 9.18 Å². The number of hydrogen-bond donors (Lipinski definition) is 2. The van der Waals surface area contributed by atoms with Crippen molar-refractivity contribution >= 4 is 24.0 Å². The third-order valence-electron chi connectivity index (χ3n) is 3.78. The van der Waals surface area contributed by atoms with Gasteiger partial charge in [0.15, 0.2) is 5.82 Å². The molecule has 1 fully saturated rings. The molecule has 3 rings (SSSR count).